The summed E-state index contributed by atoms with van der Waals surface area (Å²) in [5.41, 5.74) is 10.9. The van der Waals surface area contributed by atoms with Crippen molar-refractivity contribution in [1.82, 2.24) is 4.57 Å². The molecule has 11 aromatic rings. The summed E-state index contributed by atoms with van der Waals surface area (Å²) in [7, 11) is 0. The Labute approximate surface area is 306 Å². The van der Waals surface area contributed by atoms with E-state index in [1.165, 1.54) is 49.0 Å². The highest BCUT2D eigenvalue weighted by Crippen LogP contribution is 2.46. The van der Waals surface area contributed by atoms with Crippen LogP contribution in [0.1, 0.15) is 0 Å². The molecular weight excluding hydrogens is 645 g/mol. The Hall–Kier alpha value is -7.10. The van der Waals surface area contributed by atoms with Crippen molar-refractivity contribution in [2.45, 2.75) is 0 Å². The van der Waals surface area contributed by atoms with E-state index in [-0.39, 0.29) is 0 Å². The third-order valence-electron chi connectivity index (χ3n) is 10.8. The van der Waals surface area contributed by atoms with Crippen LogP contribution in [0, 0.1) is 0 Å². The van der Waals surface area contributed by atoms with Crippen molar-refractivity contribution in [3.63, 3.8) is 0 Å². The number of aromatic nitrogens is 1. The highest BCUT2D eigenvalue weighted by molar-refractivity contribution is 6.20. The minimum Gasteiger partial charge on any atom is -0.456 e. The number of benzene rings is 9. The molecule has 0 saturated carbocycles. The normalized spacial score (nSPS) is 11.8. The molecule has 0 N–H and O–H groups in total. The van der Waals surface area contributed by atoms with Crippen LogP contribution in [0.2, 0.25) is 0 Å². The quantitative estimate of drug-likeness (QED) is 0.181. The minimum absolute atomic E-state index is 0.879. The standard InChI is InChI=1S/C50H32N2O/c1-3-13-33(14-4-1)38-27-28-46(41-20-10-9-19-40(38)41)51(36-25-30-48-44(31-36)50-39-18-8-7-15-34(39)23-29-49(50)53-48)37-24-26-43-42-21-11-12-22-45(42)52(47(43)32-37)35-16-5-2-6-17-35/h1-32H. The molecule has 3 nitrogen and oxygen atoms in total. The number of furan rings is 1. The Balaban J connectivity index is 1.22. The number of hydrogen-bond acceptors (Lipinski definition) is 2. The van der Waals surface area contributed by atoms with Gasteiger partial charge < -0.3 is 13.9 Å². The Morgan fingerprint density at radius 2 is 1.04 bits per heavy atom. The molecule has 2 heterocycles. The zero-order valence-corrected chi connectivity index (χ0v) is 28.8. The monoisotopic (exact) mass is 676 g/mol. The fraction of sp³-hybridized carbons (Fsp3) is 0. The van der Waals surface area contributed by atoms with Crippen LogP contribution in [0.4, 0.5) is 17.1 Å². The van der Waals surface area contributed by atoms with E-state index in [1.807, 2.05) is 0 Å². The SMILES string of the molecule is c1ccc(-c2ccc(N(c3ccc4oc5ccc6ccccc6c5c4c3)c3ccc4c5ccccc5n(-c5ccccc5)c4c3)c3ccccc23)cc1. The summed E-state index contributed by atoms with van der Waals surface area (Å²) in [6.45, 7) is 0. The van der Waals surface area contributed by atoms with Crippen LogP contribution in [0.15, 0.2) is 199 Å². The molecule has 248 valence electrons. The van der Waals surface area contributed by atoms with Crippen LogP contribution in [0.3, 0.4) is 0 Å². The van der Waals surface area contributed by atoms with Crippen LogP contribution in [0.5, 0.6) is 0 Å². The Morgan fingerprint density at radius 3 is 1.89 bits per heavy atom. The molecular formula is C50H32N2O. The summed E-state index contributed by atoms with van der Waals surface area (Å²) in [6.07, 6.45) is 0. The lowest BCUT2D eigenvalue weighted by Crippen LogP contribution is -2.11. The molecule has 9 aromatic carbocycles. The van der Waals surface area contributed by atoms with Gasteiger partial charge >= 0.3 is 0 Å². The second-order valence-electron chi connectivity index (χ2n) is 13.7. The Bertz CT molecular complexity index is 3170. The fourth-order valence-electron chi connectivity index (χ4n) is 8.40. The second-order valence-corrected chi connectivity index (χ2v) is 13.7. The van der Waals surface area contributed by atoms with Crippen molar-refractivity contribution in [2.75, 3.05) is 4.90 Å². The third-order valence-corrected chi connectivity index (χ3v) is 10.8. The average molecular weight is 677 g/mol. The van der Waals surface area contributed by atoms with E-state index in [1.54, 1.807) is 0 Å². The van der Waals surface area contributed by atoms with Gasteiger partial charge in [-0.3, -0.25) is 0 Å². The molecule has 0 aliphatic carbocycles. The highest BCUT2D eigenvalue weighted by atomic mass is 16.3. The predicted octanol–water partition coefficient (Wildman–Crippen LogP) is 14.1. The van der Waals surface area contributed by atoms with Crippen molar-refractivity contribution >= 4 is 82.4 Å². The largest absolute Gasteiger partial charge is 0.456 e. The van der Waals surface area contributed by atoms with Crippen molar-refractivity contribution in [1.29, 1.82) is 0 Å². The smallest absolute Gasteiger partial charge is 0.136 e. The fourth-order valence-corrected chi connectivity index (χ4v) is 8.40. The van der Waals surface area contributed by atoms with Gasteiger partial charge in [-0.1, -0.05) is 133 Å². The maximum absolute atomic E-state index is 6.48. The van der Waals surface area contributed by atoms with E-state index in [4.69, 9.17) is 4.42 Å². The van der Waals surface area contributed by atoms with E-state index in [0.717, 1.165) is 50.2 Å². The van der Waals surface area contributed by atoms with Crippen LogP contribution in [-0.2, 0) is 0 Å². The lowest BCUT2D eigenvalue weighted by Gasteiger charge is -2.28. The topological polar surface area (TPSA) is 21.3 Å². The van der Waals surface area contributed by atoms with Gasteiger partial charge in [0.2, 0.25) is 0 Å². The van der Waals surface area contributed by atoms with Gasteiger partial charge in [0.25, 0.3) is 0 Å². The van der Waals surface area contributed by atoms with Crippen molar-refractivity contribution in [2.24, 2.45) is 0 Å². The van der Waals surface area contributed by atoms with Gasteiger partial charge in [-0.15, -0.1) is 0 Å². The van der Waals surface area contributed by atoms with E-state index in [0.29, 0.717) is 0 Å². The first kappa shape index (κ1) is 29.6. The van der Waals surface area contributed by atoms with Crippen LogP contribution >= 0.6 is 0 Å². The molecule has 2 aromatic heterocycles. The summed E-state index contributed by atoms with van der Waals surface area (Å²) in [5, 5.41) is 9.49. The summed E-state index contributed by atoms with van der Waals surface area (Å²) in [6, 6.07) is 69.8. The van der Waals surface area contributed by atoms with Gasteiger partial charge in [0.05, 0.1) is 16.7 Å². The van der Waals surface area contributed by atoms with Gasteiger partial charge in [0, 0.05) is 44.0 Å². The summed E-state index contributed by atoms with van der Waals surface area (Å²) >= 11 is 0. The average Bonchev–Trinajstić information content (AvgIpc) is 3.77. The molecule has 0 aliphatic rings. The number of anilines is 3. The number of fused-ring (bicyclic) bond motifs is 9. The van der Waals surface area contributed by atoms with Crippen molar-refractivity contribution in [3.8, 4) is 16.8 Å². The van der Waals surface area contributed by atoms with Crippen LogP contribution in [-0.4, -0.2) is 4.57 Å². The zero-order valence-electron chi connectivity index (χ0n) is 28.8. The second kappa shape index (κ2) is 11.7. The van der Waals surface area contributed by atoms with E-state index < -0.39 is 0 Å². The first-order valence-corrected chi connectivity index (χ1v) is 18.1. The van der Waals surface area contributed by atoms with Gasteiger partial charge in [0.1, 0.15) is 11.2 Å². The maximum atomic E-state index is 6.48. The Morgan fingerprint density at radius 1 is 0.396 bits per heavy atom. The van der Waals surface area contributed by atoms with E-state index in [2.05, 4.69) is 204 Å². The van der Waals surface area contributed by atoms with Gasteiger partial charge in [0.15, 0.2) is 0 Å². The molecule has 0 atom stereocenters. The lowest BCUT2D eigenvalue weighted by molar-refractivity contribution is 0.669. The molecule has 0 amide bonds. The van der Waals surface area contributed by atoms with E-state index >= 15 is 0 Å². The molecule has 0 spiro atoms. The molecule has 0 bridgehead atoms. The zero-order chi connectivity index (χ0) is 34.9. The predicted molar refractivity (Wildman–Crippen MR) is 223 cm³/mol. The number of rotatable bonds is 5. The first-order valence-electron chi connectivity index (χ1n) is 18.1. The Kier molecular flexibility index (Phi) is 6.55. The summed E-state index contributed by atoms with van der Waals surface area (Å²) < 4.78 is 8.87. The number of para-hydroxylation sites is 2. The molecule has 0 fully saturated rings. The molecule has 0 unspecified atom stereocenters. The number of hydrogen-bond donors (Lipinski definition) is 0. The minimum atomic E-state index is 0.879. The van der Waals surface area contributed by atoms with Crippen molar-refractivity contribution in [3.05, 3.63) is 194 Å². The third kappa shape index (κ3) is 4.61. The van der Waals surface area contributed by atoms with Gasteiger partial charge in [-0.2, -0.15) is 0 Å². The maximum Gasteiger partial charge on any atom is 0.136 e. The van der Waals surface area contributed by atoms with Crippen LogP contribution < -0.4 is 4.90 Å². The molecule has 0 aliphatic heterocycles. The molecule has 0 radical (unpaired) electrons. The highest BCUT2D eigenvalue weighted by Gasteiger charge is 2.21. The molecule has 0 saturated heterocycles. The van der Waals surface area contributed by atoms with Crippen LogP contribution in [0.25, 0.3) is 82.1 Å². The lowest BCUT2D eigenvalue weighted by atomic mass is 9.96. The number of nitrogens with zero attached hydrogens (tertiary/aromatic N) is 2. The van der Waals surface area contributed by atoms with Crippen molar-refractivity contribution < 1.29 is 4.42 Å². The molecule has 11 rings (SSSR count). The molecule has 3 heteroatoms. The summed E-state index contributed by atoms with van der Waals surface area (Å²) in [4.78, 5) is 2.42. The first-order chi connectivity index (χ1) is 26.3. The van der Waals surface area contributed by atoms with Gasteiger partial charge in [-0.25, -0.2) is 0 Å². The van der Waals surface area contributed by atoms with E-state index in [9.17, 15) is 0 Å². The van der Waals surface area contributed by atoms with Gasteiger partial charge in [-0.05, 0) is 87.9 Å². The molecule has 53 heavy (non-hydrogen) atoms. The summed E-state index contributed by atoms with van der Waals surface area (Å²) in [5.74, 6) is 0.